The molecule has 3 nitrogen and oxygen atoms in total. The zero-order valence-corrected chi connectivity index (χ0v) is 8.61. The Bertz CT molecular complexity index is 450. The molecule has 0 aliphatic carbocycles. The van der Waals surface area contributed by atoms with E-state index in [4.69, 9.17) is 0 Å². The molecule has 0 fully saturated rings. The highest BCUT2D eigenvalue weighted by Crippen LogP contribution is 2.10. The second kappa shape index (κ2) is 3.72. The third-order valence-electron chi connectivity index (χ3n) is 1.81. The molecule has 0 unspecified atom stereocenters. The van der Waals surface area contributed by atoms with Crippen molar-refractivity contribution in [3.05, 3.63) is 47.4 Å². The first-order valence-corrected chi connectivity index (χ1v) is 5.18. The van der Waals surface area contributed by atoms with Crippen molar-refractivity contribution in [3.63, 3.8) is 0 Å². The summed E-state index contributed by atoms with van der Waals surface area (Å²) in [4.78, 5) is 11.8. The van der Waals surface area contributed by atoms with Crippen LogP contribution in [0.25, 0.3) is 0 Å². The van der Waals surface area contributed by atoms with Crippen LogP contribution in [0.5, 0.6) is 0 Å². The molecule has 1 aromatic heterocycles. The van der Waals surface area contributed by atoms with Gasteiger partial charge in [0.25, 0.3) is 5.91 Å². The van der Waals surface area contributed by atoms with Crippen molar-refractivity contribution in [2.24, 2.45) is 0 Å². The minimum Gasteiger partial charge on any atom is -0.266 e. The molecule has 0 aliphatic heterocycles. The van der Waals surface area contributed by atoms with Crippen LogP contribution in [-0.2, 0) is 0 Å². The molecule has 70 valence electrons. The van der Waals surface area contributed by atoms with Crippen molar-refractivity contribution in [1.82, 2.24) is 9.54 Å². The van der Waals surface area contributed by atoms with Crippen molar-refractivity contribution >= 4 is 14.3 Å². The van der Waals surface area contributed by atoms with Gasteiger partial charge in [-0.3, -0.25) is 4.79 Å². The zero-order valence-electron chi connectivity index (χ0n) is 7.71. The maximum absolute atomic E-state index is 11.8. The lowest BCUT2D eigenvalue weighted by Gasteiger charge is -1.98. The van der Waals surface area contributed by atoms with Gasteiger partial charge in [0, 0.05) is 19.7 Å². The Balaban J connectivity index is 2.34. The van der Waals surface area contributed by atoms with E-state index in [1.54, 1.807) is 12.1 Å². The number of rotatable bonds is 1. The predicted molar refractivity (Wildman–Crippen MR) is 55.6 cm³/mol. The average molecular weight is 204 g/mol. The van der Waals surface area contributed by atoms with E-state index in [0.29, 0.717) is 5.56 Å². The molecule has 0 atom stereocenters. The third kappa shape index (κ3) is 1.73. The fourth-order valence-electron chi connectivity index (χ4n) is 1.13. The van der Waals surface area contributed by atoms with E-state index in [0.717, 1.165) is 14.0 Å². The Kier molecular flexibility index (Phi) is 2.42. The first-order valence-electron chi connectivity index (χ1n) is 4.26. The minimum atomic E-state index is -0.0552. The number of benzene rings is 1. The predicted octanol–water partition coefficient (Wildman–Crippen LogP) is 2.46. The van der Waals surface area contributed by atoms with Gasteiger partial charge in [-0.2, -0.15) is 9.54 Å². The first kappa shape index (κ1) is 9.10. The molecule has 0 N–H and O–H groups in total. The van der Waals surface area contributed by atoms with Gasteiger partial charge in [0.2, 0.25) is 0 Å². The standard InChI is InChI=1S/C10H9N2OP/c1-8-7-14-12(11-8)10(13)9-5-3-2-4-6-9/h2-7H,1H3. The van der Waals surface area contributed by atoms with Crippen molar-refractivity contribution in [1.29, 1.82) is 0 Å². The molecule has 0 spiro atoms. The van der Waals surface area contributed by atoms with E-state index >= 15 is 0 Å². The van der Waals surface area contributed by atoms with Crippen LogP contribution >= 0.6 is 8.35 Å². The molecule has 0 aliphatic rings. The van der Waals surface area contributed by atoms with Gasteiger partial charge in [-0.15, -0.1) is 0 Å². The fraction of sp³-hybridized carbons (Fsp3) is 0.100. The molecule has 0 saturated carbocycles. The molecule has 1 heterocycles. The highest BCUT2D eigenvalue weighted by Gasteiger charge is 2.08. The monoisotopic (exact) mass is 204 g/mol. The van der Waals surface area contributed by atoms with E-state index in [2.05, 4.69) is 5.10 Å². The number of hydrogen-bond acceptors (Lipinski definition) is 2. The first-order chi connectivity index (χ1) is 6.77. The highest BCUT2D eigenvalue weighted by atomic mass is 31.0. The second-order valence-corrected chi connectivity index (χ2v) is 3.81. The summed E-state index contributed by atoms with van der Waals surface area (Å²) in [6.07, 6.45) is 0. The molecular weight excluding hydrogens is 195 g/mol. The summed E-state index contributed by atoms with van der Waals surface area (Å²) in [7, 11) is 0.825. The van der Waals surface area contributed by atoms with Gasteiger partial charge in [0.05, 0.1) is 5.69 Å². The number of carbonyl (C=O) groups excluding carboxylic acids is 1. The molecular formula is C10H9N2OP. The molecule has 2 rings (SSSR count). The number of aryl methyl sites for hydroxylation is 1. The SMILES string of the molecule is Cc1cpn(C(=O)c2ccccc2)n1. The maximum Gasteiger partial charge on any atom is 0.281 e. The summed E-state index contributed by atoms with van der Waals surface area (Å²) in [5, 5.41) is 4.10. The Morgan fingerprint density at radius 2 is 2.07 bits per heavy atom. The largest absolute Gasteiger partial charge is 0.281 e. The average Bonchev–Trinajstić information content (AvgIpc) is 2.65. The van der Waals surface area contributed by atoms with E-state index < -0.39 is 0 Å². The van der Waals surface area contributed by atoms with Crippen LogP contribution in [0.4, 0.5) is 0 Å². The summed E-state index contributed by atoms with van der Waals surface area (Å²) in [6, 6.07) is 9.17. The topological polar surface area (TPSA) is 34.9 Å². The Morgan fingerprint density at radius 1 is 1.36 bits per heavy atom. The van der Waals surface area contributed by atoms with Gasteiger partial charge in [-0.25, -0.2) is 0 Å². The van der Waals surface area contributed by atoms with Gasteiger partial charge in [0.1, 0.15) is 0 Å². The smallest absolute Gasteiger partial charge is 0.266 e. The molecule has 0 radical (unpaired) electrons. The number of aromatic nitrogens is 2. The Hall–Kier alpha value is -1.47. The molecule has 0 bridgehead atoms. The summed E-state index contributed by atoms with van der Waals surface area (Å²) in [5.41, 5.74) is 1.56. The van der Waals surface area contributed by atoms with Gasteiger partial charge < -0.3 is 0 Å². The van der Waals surface area contributed by atoms with E-state index in [9.17, 15) is 4.79 Å². The molecule has 14 heavy (non-hydrogen) atoms. The summed E-state index contributed by atoms with van der Waals surface area (Å²) >= 11 is 0. The number of hydrogen-bond donors (Lipinski definition) is 0. The fourth-order valence-corrected chi connectivity index (χ4v) is 1.87. The van der Waals surface area contributed by atoms with Crippen LogP contribution in [0, 0.1) is 6.92 Å². The quantitative estimate of drug-likeness (QED) is 0.715. The lowest BCUT2D eigenvalue weighted by Crippen LogP contribution is -2.10. The highest BCUT2D eigenvalue weighted by molar-refractivity contribution is 7.26. The molecule has 2 aromatic rings. The Morgan fingerprint density at radius 3 is 2.64 bits per heavy atom. The van der Waals surface area contributed by atoms with Gasteiger partial charge in [-0.1, -0.05) is 18.2 Å². The van der Waals surface area contributed by atoms with Gasteiger partial charge in [0.15, 0.2) is 0 Å². The van der Waals surface area contributed by atoms with Crippen LogP contribution in [-0.4, -0.2) is 15.5 Å². The summed E-state index contributed by atoms with van der Waals surface area (Å²) in [6.45, 7) is 1.88. The zero-order chi connectivity index (χ0) is 9.97. The van der Waals surface area contributed by atoms with Crippen molar-refractivity contribution in [2.45, 2.75) is 6.92 Å². The number of carbonyl (C=O) groups is 1. The summed E-state index contributed by atoms with van der Waals surface area (Å²) in [5.74, 6) is 1.85. The third-order valence-corrected chi connectivity index (χ3v) is 2.79. The normalized spacial score (nSPS) is 10.6. The Labute approximate surface area is 83.5 Å². The molecule has 1 aromatic carbocycles. The van der Waals surface area contributed by atoms with Crippen LogP contribution in [0.3, 0.4) is 0 Å². The van der Waals surface area contributed by atoms with Crippen LogP contribution in [0.15, 0.2) is 36.1 Å². The van der Waals surface area contributed by atoms with Crippen molar-refractivity contribution < 1.29 is 4.79 Å². The van der Waals surface area contributed by atoms with E-state index in [-0.39, 0.29) is 5.91 Å². The van der Waals surface area contributed by atoms with Crippen LogP contribution in [0.2, 0.25) is 0 Å². The van der Waals surface area contributed by atoms with E-state index in [1.165, 1.54) is 4.44 Å². The van der Waals surface area contributed by atoms with Crippen molar-refractivity contribution in [2.75, 3.05) is 0 Å². The lowest BCUT2D eigenvalue weighted by molar-refractivity contribution is 0.0958. The van der Waals surface area contributed by atoms with E-state index in [1.807, 2.05) is 30.9 Å². The lowest BCUT2D eigenvalue weighted by atomic mass is 10.2. The maximum atomic E-state index is 11.8. The van der Waals surface area contributed by atoms with Crippen LogP contribution < -0.4 is 0 Å². The van der Waals surface area contributed by atoms with Crippen molar-refractivity contribution in [3.8, 4) is 0 Å². The molecule has 0 saturated heterocycles. The van der Waals surface area contributed by atoms with Gasteiger partial charge >= 0.3 is 0 Å². The van der Waals surface area contributed by atoms with Gasteiger partial charge in [-0.05, 0) is 19.1 Å². The number of nitrogens with zero attached hydrogens (tertiary/aromatic N) is 2. The minimum absolute atomic E-state index is 0.0552. The second-order valence-electron chi connectivity index (χ2n) is 2.95. The molecule has 0 amide bonds. The molecule has 4 heteroatoms. The summed E-state index contributed by atoms with van der Waals surface area (Å²) < 4.78 is 1.45. The van der Waals surface area contributed by atoms with Crippen LogP contribution in [0.1, 0.15) is 16.1 Å².